The number of nitrogens with two attached hydrogens (primary N) is 2. The van der Waals surface area contributed by atoms with Crippen LogP contribution in [0.5, 0.6) is 11.5 Å². The van der Waals surface area contributed by atoms with Gasteiger partial charge in [0.15, 0.2) is 11.5 Å². The number of hydrogen-bond donors (Lipinski definition) is 2. The lowest BCUT2D eigenvalue weighted by Gasteiger charge is -2.30. The highest BCUT2D eigenvalue weighted by atomic mass is 32.2. The standard InChI is InChI=1S/C26H28N6O3S/c1-34-22-12-16(11-19-13-29-26(28)31-25(19)27)10-17(24(22)35-2)8-9-23(33)32-21(15-36-3)20-7-5-4-6-18(20)14-30-32/h4-10,12-14,21H,11,15H2,1-3H3,(H4,27,28,29,31). The summed E-state index contributed by atoms with van der Waals surface area (Å²) in [5.74, 6) is 1.97. The molecule has 0 fully saturated rings. The minimum atomic E-state index is -0.234. The minimum Gasteiger partial charge on any atom is -0.493 e. The predicted octanol–water partition coefficient (Wildman–Crippen LogP) is 3.54. The summed E-state index contributed by atoms with van der Waals surface area (Å²) in [6, 6.07) is 11.6. The van der Waals surface area contributed by atoms with Crippen molar-refractivity contribution in [2.24, 2.45) is 5.10 Å². The number of aromatic nitrogens is 2. The first-order chi connectivity index (χ1) is 17.4. The molecule has 1 aliphatic heterocycles. The maximum atomic E-state index is 13.3. The first-order valence-electron chi connectivity index (χ1n) is 11.2. The monoisotopic (exact) mass is 504 g/mol. The fourth-order valence-electron chi connectivity index (χ4n) is 4.10. The average molecular weight is 505 g/mol. The molecule has 0 bridgehead atoms. The number of benzene rings is 2. The molecule has 0 radical (unpaired) electrons. The van der Waals surface area contributed by atoms with E-state index < -0.39 is 0 Å². The molecule has 2 aromatic carbocycles. The Morgan fingerprint density at radius 2 is 2.00 bits per heavy atom. The molecule has 36 heavy (non-hydrogen) atoms. The highest BCUT2D eigenvalue weighted by molar-refractivity contribution is 7.98. The van der Waals surface area contributed by atoms with E-state index in [0.29, 0.717) is 29.3 Å². The molecule has 3 aromatic rings. The average Bonchev–Trinajstić information content (AvgIpc) is 2.88. The van der Waals surface area contributed by atoms with Crippen molar-refractivity contribution >= 4 is 41.7 Å². The summed E-state index contributed by atoms with van der Waals surface area (Å²) >= 11 is 1.67. The van der Waals surface area contributed by atoms with Gasteiger partial charge in [-0.15, -0.1) is 0 Å². The minimum absolute atomic E-state index is 0.119. The number of amides is 1. The van der Waals surface area contributed by atoms with Crippen molar-refractivity contribution in [1.29, 1.82) is 0 Å². The van der Waals surface area contributed by atoms with E-state index in [2.05, 4.69) is 15.1 Å². The lowest BCUT2D eigenvalue weighted by Crippen LogP contribution is -2.33. The quantitative estimate of drug-likeness (QED) is 0.446. The fourth-order valence-corrected chi connectivity index (χ4v) is 4.74. The van der Waals surface area contributed by atoms with Crippen LogP contribution < -0.4 is 20.9 Å². The van der Waals surface area contributed by atoms with E-state index in [4.69, 9.17) is 20.9 Å². The van der Waals surface area contributed by atoms with Gasteiger partial charge in [0.05, 0.1) is 26.5 Å². The zero-order valence-electron chi connectivity index (χ0n) is 20.3. The van der Waals surface area contributed by atoms with Crippen molar-refractivity contribution in [3.05, 3.63) is 76.5 Å². The molecular formula is C26H28N6O3S. The Balaban J connectivity index is 1.64. The number of hydrogen-bond acceptors (Lipinski definition) is 9. The van der Waals surface area contributed by atoms with Crippen LogP contribution in [0.3, 0.4) is 0 Å². The van der Waals surface area contributed by atoms with Gasteiger partial charge in [-0.25, -0.2) is 9.99 Å². The van der Waals surface area contributed by atoms with Crippen LogP contribution in [-0.4, -0.2) is 53.3 Å². The summed E-state index contributed by atoms with van der Waals surface area (Å²) in [4.78, 5) is 21.3. The van der Waals surface area contributed by atoms with Crippen molar-refractivity contribution < 1.29 is 14.3 Å². The number of hydrazone groups is 1. The van der Waals surface area contributed by atoms with Gasteiger partial charge in [-0.05, 0) is 41.2 Å². The Kier molecular flexibility index (Phi) is 7.74. The molecule has 0 saturated carbocycles. The van der Waals surface area contributed by atoms with E-state index in [1.54, 1.807) is 44.5 Å². The molecule has 0 saturated heterocycles. The third-order valence-corrected chi connectivity index (χ3v) is 6.45. The smallest absolute Gasteiger partial charge is 0.267 e. The summed E-state index contributed by atoms with van der Waals surface area (Å²) in [5.41, 5.74) is 16.0. The number of nitrogen functional groups attached to an aromatic ring is 2. The summed E-state index contributed by atoms with van der Waals surface area (Å²) in [5, 5.41) is 5.97. The number of carbonyl (C=O) groups is 1. The van der Waals surface area contributed by atoms with Gasteiger partial charge in [-0.2, -0.15) is 21.8 Å². The molecular weight excluding hydrogens is 476 g/mol. The maximum absolute atomic E-state index is 13.3. The van der Waals surface area contributed by atoms with Gasteiger partial charge >= 0.3 is 0 Å². The largest absolute Gasteiger partial charge is 0.493 e. The van der Waals surface area contributed by atoms with Gasteiger partial charge in [0.1, 0.15) is 5.82 Å². The number of carbonyl (C=O) groups excluding carboxylic acids is 1. The summed E-state index contributed by atoms with van der Waals surface area (Å²) in [6.45, 7) is 0. The van der Waals surface area contributed by atoms with Crippen LogP contribution in [0.4, 0.5) is 11.8 Å². The molecule has 9 nitrogen and oxygen atoms in total. The number of thioether (sulfide) groups is 1. The van der Waals surface area contributed by atoms with Gasteiger partial charge in [-0.3, -0.25) is 4.79 Å². The van der Waals surface area contributed by atoms with E-state index in [1.807, 2.05) is 42.7 Å². The third kappa shape index (κ3) is 5.28. The highest BCUT2D eigenvalue weighted by Gasteiger charge is 2.28. The van der Waals surface area contributed by atoms with Crippen LogP contribution in [0.1, 0.15) is 33.9 Å². The summed E-state index contributed by atoms with van der Waals surface area (Å²) < 4.78 is 11.1. The highest BCUT2D eigenvalue weighted by Crippen LogP contribution is 2.35. The van der Waals surface area contributed by atoms with Crippen LogP contribution in [0.15, 0.2) is 53.8 Å². The van der Waals surface area contributed by atoms with Crippen molar-refractivity contribution in [1.82, 2.24) is 15.0 Å². The second-order valence-corrected chi connectivity index (χ2v) is 9.01. The molecule has 1 aliphatic rings. The molecule has 0 spiro atoms. The SMILES string of the molecule is COc1cc(Cc2cnc(N)nc2N)cc(C=CC(=O)N2N=Cc3ccccc3C2CSC)c1OC. The maximum Gasteiger partial charge on any atom is 0.267 e. The zero-order chi connectivity index (χ0) is 25.7. The first-order valence-corrected chi connectivity index (χ1v) is 12.6. The number of fused-ring (bicyclic) bond motifs is 1. The van der Waals surface area contributed by atoms with Gasteiger partial charge < -0.3 is 20.9 Å². The second kappa shape index (κ2) is 11.1. The van der Waals surface area contributed by atoms with Gasteiger partial charge in [0.25, 0.3) is 5.91 Å². The van der Waals surface area contributed by atoms with Gasteiger partial charge in [0.2, 0.25) is 5.95 Å². The number of anilines is 2. The molecule has 10 heteroatoms. The van der Waals surface area contributed by atoms with Crippen molar-refractivity contribution in [2.75, 3.05) is 37.7 Å². The van der Waals surface area contributed by atoms with E-state index in [0.717, 1.165) is 28.0 Å². The Bertz CT molecular complexity index is 1330. The molecule has 186 valence electrons. The molecule has 1 aromatic heterocycles. The molecule has 1 unspecified atom stereocenters. The number of methoxy groups -OCH3 is 2. The normalized spacial score (nSPS) is 14.6. The van der Waals surface area contributed by atoms with E-state index in [1.165, 1.54) is 11.1 Å². The fraction of sp³-hybridized carbons (Fsp3) is 0.231. The molecule has 4 rings (SSSR count). The zero-order valence-corrected chi connectivity index (χ0v) is 21.2. The van der Waals surface area contributed by atoms with Gasteiger partial charge in [-0.1, -0.05) is 24.3 Å². The molecule has 1 amide bonds. The lowest BCUT2D eigenvalue weighted by atomic mass is 10.00. The van der Waals surface area contributed by atoms with Crippen LogP contribution in [0.2, 0.25) is 0 Å². The number of ether oxygens (including phenoxy) is 2. The molecule has 4 N–H and O–H groups in total. The van der Waals surface area contributed by atoms with Crippen LogP contribution in [0.25, 0.3) is 6.08 Å². The van der Waals surface area contributed by atoms with Crippen LogP contribution >= 0.6 is 11.8 Å². The lowest BCUT2D eigenvalue weighted by molar-refractivity contribution is -0.128. The summed E-state index contributed by atoms with van der Waals surface area (Å²) in [7, 11) is 3.12. The first kappa shape index (κ1) is 25.1. The second-order valence-electron chi connectivity index (χ2n) is 8.10. The van der Waals surface area contributed by atoms with Crippen LogP contribution in [0, 0.1) is 0 Å². The molecule has 0 aliphatic carbocycles. The third-order valence-electron chi connectivity index (χ3n) is 5.81. The topological polar surface area (TPSA) is 129 Å². The Morgan fingerprint density at radius 1 is 1.19 bits per heavy atom. The Morgan fingerprint density at radius 3 is 2.72 bits per heavy atom. The van der Waals surface area contributed by atoms with E-state index in [9.17, 15) is 4.79 Å². The summed E-state index contributed by atoms with van der Waals surface area (Å²) in [6.07, 6.45) is 9.00. The Hall–Kier alpha value is -4.05. The molecule has 2 heterocycles. The number of rotatable bonds is 8. The Labute approximate surface area is 214 Å². The molecule has 1 atom stereocenters. The van der Waals surface area contributed by atoms with Crippen molar-refractivity contribution in [3.63, 3.8) is 0 Å². The predicted molar refractivity (Wildman–Crippen MR) is 144 cm³/mol. The van der Waals surface area contributed by atoms with Crippen molar-refractivity contribution in [3.8, 4) is 11.5 Å². The van der Waals surface area contributed by atoms with Crippen molar-refractivity contribution in [2.45, 2.75) is 12.5 Å². The van der Waals surface area contributed by atoms with E-state index in [-0.39, 0.29) is 17.9 Å². The van der Waals surface area contributed by atoms with Gasteiger partial charge in [0, 0.05) is 35.6 Å². The van der Waals surface area contributed by atoms with E-state index >= 15 is 0 Å². The number of nitrogens with zero attached hydrogens (tertiary/aromatic N) is 4. The van der Waals surface area contributed by atoms with Crippen LogP contribution in [-0.2, 0) is 11.2 Å².